The van der Waals surface area contributed by atoms with Crippen molar-refractivity contribution in [3.63, 3.8) is 0 Å². The smallest absolute Gasteiger partial charge is 0.307 e. The van der Waals surface area contributed by atoms with Crippen LogP contribution >= 0.6 is 0 Å². The van der Waals surface area contributed by atoms with Crippen molar-refractivity contribution >= 4 is 5.97 Å². The minimum Gasteiger partial charge on any atom is -0.493 e. The first kappa shape index (κ1) is 11.0. The van der Waals surface area contributed by atoms with Crippen molar-refractivity contribution < 1.29 is 14.6 Å². The summed E-state index contributed by atoms with van der Waals surface area (Å²) in [6, 6.07) is 7.37. The maximum absolute atomic E-state index is 10.7. The number of carboxylic acid groups (broad SMARTS) is 1. The molecule has 0 atom stereocenters. The molecule has 0 spiro atoms. The average molecular weight is 220 g/mol. The molecule has 0 aromatic heterocycles. The number of benzene rings is 1. The molecule has 0 bridgehead atoms. The minimum absolute atomic E-state index is 0.0286. The molecule has 1 saturated carbocycles. The van der Waals surface area contributed by atoms with Crippen LogP contribution in [0.2, 0.25) is 0 Å². The monoisotopic (exact) mass is 220 g/mol. The third-order valence-corrected chi connectivity index (χ3v) is 3.01. The van der Waals surface area contributed by atoms with Crippen molar-refractivity contribution in [1.82, 2.24) is 0 Å². The maximum Gasteiger partial charge on any atom is 0.307 e. The van der Waals surface area contributed by atoms with Crippen molar-refractivity contribution in [3.05, 3.63) is 29.8 Å². The molecule has 1 aliphatic rings. The van der Waals surface area contributed by atoms with Crippen molar-refractivity contribution in [3.8, 4) is 5.75 Å². The molecule has 0 heterocycles. The molecule has 0 amide bonds. The van der Waals surface area contributed by atoms with Crippen LogP contribution in [0, 0.1) is 5.92 Å². The molecule has 1 N–H and O–H groups in total. The number of hydrogen-bond donors (Lipinski definition) is 1. The van der Waals surface area contributed by atoms with Gasteiger partial charge >= 0.3 is 5.97 Å². The summed E-state index contributed by atoms with van der Waals surface area (Å²) in [7, 11) is 0. The number of hydrogen-bond acceptors (Lipinski definition) is 2. The number of rotatable bonds is 5. The second kappa shape index (κ2) is 5.01. The Hall–Kier alpha value is -1.51. The van der Waals surface area contributed by atoms with Gasteiger partial charge in [-0.25, -0.2) is 0 Å². The van der Waals surface area contributed by atoms with Crippen molar-refractivity contribution in [1.29, 1.82) is 0 Å². The van der Waals surface area contributed by atoms with Gasteiger partial charge < -0.3 is 9.84 Å². The van der Waals surface area contributed by atoms with Gasteiger partial charge in [-0.2, -0.15) is 0 Å². The Bertz CT molecular complexity index is 369. The van der Waals surface area contributed by atoms with Crippen LogP contribution in [0.4, 0.5) is 0 Å². The lowest BCUT2D eigenvalue weighted by Crippen LogP contribution is -2.19. The van der Waals surface area contributed by atoms with Crippen LogP contribution in [-0.2, 0) is 11.2 Å². The quantitative estimate of drug-likeness (QED) is 0.829. The molecular formula is C13H16O3. The summed E-state index contributed by atoms with van der Waals surface area (Å²) >= 11 is 0. The number of ether oxygens (including phenoxy) is 1. The van der Waals surface area contributed by atoms with E-state index in [4.69, 9.17) is 9.84 Å². The predicted octanol–water partition coefficient (Wildman–Crippen LogP) is 2.49. The highest BCUT2D eigenvalue weighted by atomic mass is 16.5. The third kappa shape index (κ3) is 2.75. The van der Waals surface area contributed by atoms with E-state index in [0.29, 0.717) is 5.92 Å². The van der Waals surface area contributed by atoms with E-state index in [1.807, 2.05) is 24.3 Å². The summed E-state index contributed by atoms with van der Waals surface area (Å²) in [5.74, 6) is 0.564. The number of para-hydroxylation sites is 1. The van der Waals surface area contributed by atoms with E-state index < -0.39 is 5.97 Å². The fraction of sp³-hybridized carbons (Fsp3) is 0.462. The third-order valence-electron chi connectivity index (χ3n) is 3.01. The van der Waals surface area contributed by atoms with Crippen LogP contribution in [0.25, 0.3) is 0 Å². The van der Waals surface area contributed by atoms with Gasteiger partial charge in [0.15, 0.2) is 0 Å². The van der Waals surface area contributed by atoms with Crippen LogP contribution in [0.15, 0.2) is 24.3 Å². The summed E-state index contributed by atoms with van der Waals surface area (Å²) in [5, 5.41) is 8.77. The zero-order valence-electron chi connectivity index (χ0n) is 9.19. The summed E-state index contributed by atoms with van der Waals surface area (Å²) in [5.41, 5.74) is 0.759. The molecule has 1 fully saturated rings. The van der Waals surface area contributed by atoms with Gasteiger partial charge in [-0.1, -0.05) is 24.6 Å². The topological polar surface area (TPSA) is 46.5 Å². The Morgan fingerprint density at radius 2 is 2.12 bits per heavy atom. The molecule has 2 rings (SSSR count). The molecule has 1 aromatic rings. The molecule has 86 valence electrons. The molecule has 3 heteroatoms. The lowest BCUT2D eigenvalue weighted by molar-refractivity contribution is -0.136. The number of carbonyl (C=O) groups is 1. The van der Waals surface area contributed by atoms with Crippen molar-refractivity contribution in [2.75, 3.05) is 6.61 Å². The summed E-state index contributed by atoms with van der Waals surface area (Å²) in [6.07, 6.45) is 3.80. The first-order valence-electron chi connectivity index (χ1n) is 5.68. The standard InChI is InChI=1S/C13H16O3/c14-13(15)8-11-6-1-2-7-12(11)16-9-10-4-3-5-10/h1-2,6-7,10H,3-5,8-9H2,(H,14,15). The predicted molar refractivity (Wildman–Crippen MR) is 60.6 cm³/mol. The van der Waals surface area contributed by atoms with Crippen LogP contribution in [0.5, 0.6) is 5.75 Å². The van der Waals surface area contributed by atoms with Gasteiger partial charge in [-0.3, -0.25) is 4.79 Å². The van der Waals surface area contributed by atoms with E-state index in [2.05, 4.69) is 0 Å². The lowest BCUT2D eigenvalue weighted by Gasteiger charge is -2.25. The molecule has 0 radical (unpaired) electrons. The van der Waals surface area contributed by atoms with E-state index in [0.717, 1.165) is 17.9 Å². The molecular weight excluding hydrogens is 204 g/mol. The Labute approximate surface area is 95.0 Å². The van der Waals surface area contributed by atoms with Gasteiger partial charge in [0.2, 0.25) is 0 Å². The lowest BCUT2D eigenvalue weighted by atomic mass is 9.86. The zero-order chi connectivity index (χ0) is 11.4. The number of carboxylic acids is 1. The second-order valence-corrected chi connectivity index (χ2v) is 4.29. The van der Waals surface area contributed by atoms with Gasteiger partial charge in [0.05, 0.1) is 13.0 Å². The van der Waals surface area contributed by atoms with Crippen LogP contribution in [0.3, 0.4) is 0 Å². The van der Waals surface area contributed by atoms with Gasteiger partial charge in [0, 0.05) is 5.56 Å². The molecule has 1 aliphatic carbocycles. The Balaban J connectivity index is 1.97. The fourth-order valence-electron chi connectivity index (χ4n) is 1.82. The minimum atomic E-state index is -0.820. The molecule has 1 aromatic carbocycles. The first-order chi connectivity index (χ1) is 7.75. The van der Waals surface area contributed by atoms with Crippen LogP contribution in [-0.4, -0.2) is 17.7 Å². The molecule has 0 aliphatic heterocycles. The van der Waals surface area contributed by atoms with Crippen LogP contribution in [0.1, 0.15) is 24.8 Å². The zero-order valence-corrected chi connectivity index (χ0v) is 9.19. The van der Waals surface area contributed by atoms with Gasteiger partial charge in [0.25, 0.3) is 0 Å². The van der Waals surface area contributed by atoms with Crippen molar-refractivity contribution in [2.24, 2.45) is 5.92 Å². The molecule has 0 unspecified atom stereocenters. The summed E-state index contributed by atoms with van der Waals surface area (Å²) in [4.78, 5) is 10.7. The largest absolute Gasteiger partial charge is 0.493 e. The normalized spacial score (nSPS) is 15.5. The highest BCUT2D eigenvalue weighted by molar-refractivity contribution is 5.71. The van der Waals surface area contributed by atoms with Gasteiger partial charge in [-0.15, -0.1) is 0 Å². The van der Waals surface area contributed by atoms with Crippen LogP contribution < -0.4 is 4.74 Å². The Morgan fingerprint density at radius 1 is 1.38 bits per heavy atom. The van der Waals surface area contributed by atoms with E-state index in [9.17, 15) is 4.79 Å². The first-order valence-corrected chi connectivity index (χ1v) is 5.68. The Kier molecular flexibility index (Phi) is 3.44. The van der Waals surface area contributed by atoms with E-state index >= 15 is 0 Å². The van der Waals surface area contributed by atoms with Crippen molar-refractivity contribution in [2.45, 2.75) is 25.7 Å². The van der Waals surface area contributed by atoms with E-state index in [1.165, 1.54) is 19.3 Å². The second-order valence-electron chi connectivity index (χ2n) is 4.29. The summed E-state index contributed by atoms with van der Waals surface area (Å²) in [6.45, 7) is 0.719. The van der Waals surface area contributed by atoms with Gasteiger partial charge in [0.1, 0.15) is 5.75 Å². The van der Waals surface area contributed by atoms with E-state index in [-0.39, 0.29) is 6.42 Å². The molecule has 16 heavy (non-hydrogen) atoms. The van der Waals surface area contributed by atoms with E-state index in [1.54, 1.807) is 0 Å². The molecule has 0 saturated heterocycles. The highest BCUT2D eigenvalue weighted by Gasteiger charge is 2.18. The van der Waals surface area contributed by atoms with Gasteiger partial charge in [-0.05, 0) is 24.8 Å². The highest BCUT2D eigenvalue weighted by Crippen LogP contribution is 2.28. The maximum atomic E-state index is 10.7. The SMILES string of the molecule is O=C(O)Cc1ccccc1OCC1CCC1. The Morgan fingerprint density at radius 3 is 2.75 bits per heavy atom. The number of aliphatic carboxylic acids is 1. The fourth-order valence-corrected chi connectivity index (χ4v) is 1.82. The average Bonchev–Trinajstić information content (AvgIpc) is 2.17. The summed E-state index contributed by atoms with van der Waals surface area (Å²) < 4.78 is 5.68. The molecule has 3 nitrogen and oxygen atoms in total.